The first kappa shape index (κ1) is 12.5. The summed E-state index contributed by atoms with van der Waals surface area (Å²) in [5.41, 5.74) is 0.194. The van der Waals surface area contributed by atoms with E-state index in [0.29, 0.717) is 5.91 Å². The number of amides is 1. The Morgan fingerprint density at radius 2 is 2.07 bits per heavy atom. The lowest BCUT2D eigenvalue weighted by atomic mass is 10.1. The second kappa shape index (κ2) is 4.52. The molecule has 0 aromatic heterocycles. The lowest BCUT2D eigenvalue weighted by molar-refractivity contribution is -0.133. The third-order valence-corrected chi connectivity index (χ3v) is 3.34. The van der Waals surface area contributed by atoms with Crippen LogP contribution < -0.4 is 0 Å². The molecule has 0 bridgehead atoms. The van der Waals surface area contributed by atoms with Crippen LogP contribution in [0.1, 0.15) is 34.1 Å². The van der Waals surface area contributed by atoms with Gasteiger partial charge in [-0.1, -0.05) is 0 Å². The Labute approximate surface area is 93.4 Å². The molecule has 1 saturated heterocycles. The molecule has 0 aromatic carbocycles. The molecule has 0 radical (unpaired) electrons. The van der Waals surface area contributed by atoms with Crippen molar-refractivity contribution in [3.05, 3.63) is 0 Å². The van der Waals surface area contributed by atoms with Crippen LogP contribution in [0.2, 0.25) is 0 Å². The van der Waals surface area contributed by atoms with E-state index in [-0.39, 0.29) is 11.5 Å². The first-order valence-electron chi connectivity index (χ1n) is 5.86. The molecule has 1 fully saturated rings. The van der Waals surface area contributed by atoms with Gasteiger partial charge in [-0.15, -0.1) is 0 Å². The summed E-state index contributed by atoms with van der Waals surface area (Å²) in [7, 11) is 1.89. The first-order valence-corrected chi connectivity index (χ1v) is 5.86. The van der Waals surface area contributed by atoms with Gasteiger partial charge in [0, 0.05) is 25.7 Å². The zero-order valence-electron chi connectivity index (χ0n) is 10.7. The topological polar surface area (TPSA) is 23.6 Å². The number of carbonyl (C=O) groups is 1. The third-order valence-electron chi connectivity index (χ3n) is 3.34. The van der Waals surface area contributed by atoms with Crippen molar-refractivity contribution in [1.29, 1.82) is 0 Å². The van der Waals surface area contributed by atoms with Gasteiger partial charge in [-0.25, -0.2) is 0 Å². The normalized spacial score (nSPS) is 23.1. The number of likely N-dealkylation sites (tertiary alicyclic amines) is 1. The van der Waals surface area contributed by atoms with Crippen LogP contribution in [-0.2, 0) is 4.79 Å². The van der Waals surface area contributed by atoms with E-state index in [9.17, 15) is 4.79 Å². The van der Waals surface area contributed by atoms with Crippen molar-refractivity contribution >= 4 is 5.91 Å². The van der Waals surface area contributed by atoms with Crippen molar-refractivity contribution in [2.75, 3.05) is 26.7 Å². The maximum absolute atomic E-state index is 11.9. The van der Waals surface area contributed by atoms with Gasteiger partial charge in [0.25, 0.3) is 0 Å². The highest BCUT2D eigenvalue weighted by molar-refractivity contribution is 5.79. The van der Waals surface area contributed by atoms with Gasteiger partial charge in [-0.2, -0.15) is 0 Å². The predicted molar refractivity (Wildman–Crippen MR) is 62.7 cm³/mol. The van der Waals surface area contributed by atoms with Crippen LogP contribution in [0.15, 0.2) is 0 Å². The molecule has 1 aliphatic heterocycles. The van der Waals surface area contributed by atoms with E-state index in [0.717, 1.165) is 26.1 Å². The van der Waals surface area contributed by atoms with Gasteiger partial charge >= 0.3 is 0 Å². The van der Waals surface area contributed by atoms with Gasteiger partial charge in [0.1, 0.15) is 0 Å². The molecule has 0 spiro atoms. The molecule has 1 unspecified atom stereocenters. The summed E-state index contributed by atoms with van der Waals surface area (Å²) in [6, 6.07) is 0. The Morgan fingerprint density at radius 3 is 2.47 bits per heavy atom. The second-order valence-electron chi connectivity index (χ2n) is 5.45. The van der Waals surface area contributed by atoms with E-state index in [4.69, 9.17) is 0 Å². The van der Waals surface area contributed by atoms with Gasteiger partial charge in [0.15, 0.2) is 0 Å². The smallest absolute Gasteiger partial charge is 0.226 e. The molecule has 88 valence electrons. The van der Waals surface area contributed by atoms with Crippen LogP contribution in [0.3, 0.4) is 0 Å². The predicted octanol–water partition coefficient (Wildman–Crippen LogP) is 1.59. The van der Waals surface area contributed by atoms with Crippen molar-refractivity contribution in [3.8, 4) is 0 Å². The quantitative estimate of drug-likeness (QED) is 0.694. The Morgan fingerprint density at radius 1 is 1.47 bits per heavy atom. The molecular weight excluding hydrogens is 188 g/mol. The minimum absolute atomic E-state index is 0.194. The van der Waals surface area contributed by atoms with Crippen molar-refractivity contribution in [2.24, 2.45) is 5.92 Å². The van der Waals surface area contributed by atoms with Crippen LogP contribution in [0.5, 0.6) is 0 Å². The number of rotatable bonds is 2. The van der Waals surface area contributed by atoms with Crippen LogP contribution in [0.4, 0.5) is 0 Å². The monoisotopic (exact) mass is 212 g/mol. The molecule has 0 saturated carbocycles. The SMILES string of the molecule is CCN(C)C(=O)C1CCN(C(C)(C)C)C1. The summed E-state index contributed by atoms with van der Waals surface area (Å²) in [5, 5.41) is 0. The van der Waals surface area contributed by atoms with Crippen molar-refractivity contribution < 1.29 is 4.79 Å². The maximum atomic E-state index is 11.9. The number of nitrogens with zero attached hydrogens (tertiary/aromatic N) is 2. The van der Waals surface area contributed by atoms with Crippen molar-refractivity contribution in [2.45, 2.75) is 39.7 Å². The van der Waals surface area contributed by atoms with E-state index in [1.54, 1.807) is 0 Å². The number of hydrogen-bond acceptors (Lipinski definition) is 2. The zero-order chi connectivity index (χ0) is 11.6. The Balaban J connectivity index is 2.53. The molecule has 1 rings (SSSR count). The zero-order valence-corrected chi connectivity index (χ0v) is 10.7. The van der Waals surface area contributed by atoms with Gasteiger partial charge < -0.3 is 4.90 Å². The highest BCUT2D eigenvalue weighted by Gasteiger charge is 2.34. The lowest BCUT2D eigenvalue weighted by Gasteiger charge is -2.31. The average molecular weight is 212 g/mol. The molecule has 1 heterocycles. The third kappa shape index (κ3) is 2.94. The van der Waals surface area contributed by atoms with Gasteiger partial charge in [0.2, 0.25) is 5.91 Å². The van der Waals surface area contributed by atoms with E-state index >= 15 is 0 Å². The average Bonchev–Trinajstić information content (AvgIpc) is 2.63. The molecule has 3 nitrogen and oxygen atoms in total. The fraction of sp³-hybridized carbons (Fsp3) is 0.917. The van der Waals surface area contributed by atoms with Gasteiger partial charge in [-0.05, 0) is 40.7 Å². The Bertz CT molecular complexity index is 232. The molecule has 1 aliphatic rings. The van der Waals surface area contributed by atoms with Crippen LogP contribution >= 0.6 is 0 Å². The molecule has 1 atom stereocenters. The van der Waals surface area contributed by atoms with Gasteiger partial charge in [0.05, 0.1) is 5.92 Å². The summed E-state index contributed by atoms with van der Waals surface area (Å²) >= 11 is 0. The van der Waals surface area contributed by atoms with Crippen LogP contribution in [0.25, 0.3) is 0 Å². The summed E-state index contributed by atoms with van der Waals surface area (Å²) in [5.74, 6) is 0.526. The highest BCUT2D eigenvalue weighted by atomic mass is 16.2. The van der Waals surface area contributed by atoms with Gasteiger partial charge in [-0.3, -0.25) is 9.69 Å². The van der Waals surface area contributed by atoms with Crippen molar-refractivity contribution in [1.82, 2.24) is 9.80 Å². The molecule has 15 heavy (non-hydrogen) atoms. The molecular formula is C12H24N2O. The van der Waals surface area contributed by atoms with E-state index in [1.165, 1.54) is 0 Å². The summed E-state index contributed by atoms with van der Waals surface area (Å²) in [6.07, 6.45) is 1.01. The fourth-order valence-electron chi connectivity index (χ4n) is 2.04. The van der Waals surface area contributed by atoms with Crippen molar-refractivity contribution in [3.63, 3.8) is 0 Å². The lowest BCUT2D eigenvalue weighted by Crippen LogP contribution is -2.41. The Hall–Kier alpha value is -0.570. The minimum Gasteiger partial charge on any atom is -0.346 e. The number of carbonyl (C=O) groups excluding carboxylic acids is 1. The van der Waals surface area contributed by atoms with Crippen LogP contribution in [-0.4, -0.2) is 47.9 Å². The fourth-order valence-corrected chi connectivity index (χ4v) is 2.04. The van der Waals surface area contributed by atoms with E-state index in [1.807, 2.05) is 18.9 Å². The first-order chi connectivity index (χ1) is 6.86. The highest BCUT2D eigenvalue weighted by Crippen LogP contribution is 2.25. The molecule has 3 heteroatoms. The Kier molecular flexibility index (Phi) is 3.77. The summed E-state index contributed by atoms with van der Waals surface area (Å²) < 4.78 is 0. The summed E-state index contributed by atoms with van der Waals surface area (Å²) in [4.78, 5) is 16.2. The largest absolute Gasteiger partial charge is 0.346 e. The van der Waals surface area contributed by atoms with E-state index in [2.05, 4.69) is 25.7 Å². The molecule has 1 amide bonds. The molecule has 0 aromatic rings. The molecule has 0 aliphatic carbocycles. The standard InChI is InChI=1S/C12H24N2O/c1-6-13(5)11(15)10-7-8-14(9-10)12(2,3)4/h10H,6-9H2,1-5H3. The number of hydrogen-bond donors (Lipinski definition) is 0. The minimum atomic E-state index is 0.194. The van der Waals surface area contributed by atoms with Crippen LogP contribution in [0, 0.1) is 5.92 Å². The molecule has 0 N–H and O–H groups in total. The second-order valence-corrected chi connectivity index (χ2v) is 5.45. The maximum Gasteiger partial charge on any atom is 0.226 e. The summed E-state index contributed by atoms with van der Waals surface area (Å²) in [6.45, 7) is 11.4. The van der Waals surface area contributed by atoms with E-state index < -0.39 is 0 Å².